The first-order chi connectivity index (χ1) is 16.0. The highest BCUT2D eigenvalue weighted by molar-refractivity contribution is 5.96. The number of nitrogens with zero attached hydrogens (tertiary/aromatic N) is 4. The van der Waals surface area contributed by atoms with Gasteiger partial charge in [-0.1, -0.05) is 19.1 Å². The topological polar surface area (TPSA) is 110 Å². The number of carbonyl (C=O) groups excluding carboxylic acids is 2. The van der Waals surface area contributed by atoms with Gasteiger partial charge in [-0.2, -0.15) is 5.21 Å². The van der Waals surface area contributed by atoms with E-state index in [2.05, 4.69) is 20.6 Å². The van der Waals surface area contributed by atoms with Gasteiger partial charge in [0, 0.05) is 29.7 Å². The van der Waals surface area contributed by atoms with E-state index in [-0.39, 0.29) is 43.4 Å². The Morgan fingerprint density at radius 1 is 1.18 bits per heavy atom. The average molecular weight is 457 g/mol. The number of morpholine rings is 1. The van der Waals surface area contributed by atoms with E-state index in [1.807, 2.05) is 0 Å². The van der Waals surface area contributed by atoms with E-state index < -0.39 is 23.5 Å². The third-order valence-electron chi connectivity index (χ3n) is 5.22. The van der Waals surface area contributed by atoms with Crippen LogP contribution in [0.15, 0.2) is 36.4 Å². The second-order valence-electron chi connectivity index (χ2n) is 7.41. The lowest BCUT2D eigenvalue weighted by molar-refractivity contribution is -0.0410. The number of nitrogens with one attached hydrogen (secondary N) is 1. The lowest BCUT2D eigenvalue weighted by Crippen LogP contribution is -2.47. The van der Waals surface area contributed by atoms with Crippen molar-refractivity contribution in [3.8, 4) is 17.1 Å². The highest BCUT2D eigenvalue weighted by atomic mass is 19.1. The van der Waals surface area contributed by atoms with Crippen molar-refractivity contribution < 1.29 is 27.8 Å². The Kier molecular flexibility index (Phi) is 6.68. The van der Waals surface area contributed by atoms with Crippen LogP contribution in [0, 0.1) is 11.6 Å². The summed E-state index contributed by atoms with van der Waals surface area (Å²) in [5, 5.41) is 13.7. The molecule has 4 rings (SSSR count). The zero-order valence-corrected chi connectivity index (χ0v) is 17.8. The van der Waals surface area contributed by atoms with Crippen LogP contribution in [0.2, 0.25) is 0 Å². The third kappa shape index (κ3) is 5.03. The summed E-state index contributed by atoms with van der Waals surface area (Å²) in [6, 6.07) is 8.69. The van der Waals surface area contributed by atoms with E-state index in [9.17, 15) is 18.4 Å². The Bertz CT molecular complexity index is 1120. The van der Waals surface area contributed by atoms with Crippen molar-refractivity contribution in [2.75, 3.05) is 26.3 Å². The number of benzene rings is 2. The highest BCUT2D eigenvalue weighted by Crippen LogP contribution is 2.25. The smallest absolute Gasteiger partial charge is 0.254 e. The van der Waals surface area contributed by atoms with Gasteiger partial charge in [-0.15, -0.1) is 10.2 Å². The molecule has 1 amide bonds. The molecule has 1 atom stereocenters. The number of ether oxygens (including phenoxy) is 2. The molecule has 11 heteroatoms. The molecule has 172 valence electrons. The van der Waals surface area contributed by atoms with Gasteiger partial charge in [0.15, 0.2) is 23.2 Å². The maximum atomic E-state index is 14.3. The fourth-order valence-corrected chi connectivity index (χ4v) is 3.47. The summed E-state index contributed by atoms with van der Waals surface area (Å²) < 4.78 is 39.5. The predicted octanol–water partition coefficient (Wildman–Crippen LogP) is 2.66. The van der Waals surface area contributed by atoms with Crippen LogP contribution in [0.25, 0.3) is 11.4 Å². The predicted molar refractivity (Wildman–Crippen MR) is 112 cm³/mol. The van der Waals surface area contributed by atoms with Crippen LogP contribution in [0.5, 0.6) is 5.75 Å². The first-order valence-electron chi connectivity index (χ1n) is 10.4. The van der Waals surface area contributed by atoms with Crippen molar-refractivity contribution in [2.45, 2.75) is 19.4 Å². The van der Waals surface area contributed by atoms with Crippen LogP contribution in [-0.2, 0) is 4.74 Å². The third-order valence-corrected chi connectivity index (χ3v) is 5.22. The van der Waals surface area contributed by atoms with Gasteiger partial charge in [-0.25, -0.2) is 8.78 Å². The molecule has 2 heterocycles. The zero-order valence-electron chi connectivity index (χ0n) is 17.8. The summed E-state index contributed by atoms with van der Waals surface area (Å²) in [4.78, 5) is 26.2. The summed E-state index contributed by atoms with van der Waals surface area (Å²) in [6.45, 7) is 2.28. The number of Topliss-reactive ketones (excluding diaryl/α,β-unsaturated/α-hetero) is 1. The molecule has 0 saturated carbocycles. The number of tetrazole rings is 1. The standard InChI is InChI=1S/C22H21F2N5O4/c1-2-19(30)15-9-17(23)20(18(24)10-15)33-12-16-11-29(7-8-32-16)22(31)14-5-3-13(4-6-14)21-25-27-28-26-21/h3-6,9-10,16H,2,7-8,11-12H2,1H3,(H,25,26,27,28). The Hall–Kier alpha value is -3.73. The summed E-state index contributed by atoms with van der Waals surface area (Å²) in [5.74, 6) is -2.65. The lowest BCUT2D eigenvalue weighted by atomic mass is 10.1. The van der Waals surface area contributed by atoms with Gasteiger partial charge in [0.25, 0.3) is 5.91 Å². The van der Waals surface area contributed by atoms with Gasteiger partial charge in [-0.05, 0) is 29.5 Å². The van der Waals surface area contributed by atoms with E-state index in [1.165, 1.54) is 0 Å². The average Bonchev–Trinajstić information content (AvgIpc) is 3.38. The molecule has 2 aromatic carbocycles. The molecular formula is C22H21F2N5O4. The minimum absolute atomic E-state index is 0.0455. The molecule has 3 aromatic rings. The fraction of sp³-hybridized carbons (Fsp3) is 0.318. The first kappa shape index (κ1) is 22.5. The van der Waals surface area contributed by atoms with Crippen LogP contribution in [0.1, 0.15) is 34.1 Å². The number of ketones is 1. The van der Waals surface area contributed by atoms with Crippen molar-refractivity contribution in [3.05, 3.63) is 59.2 Å². The first-order valence-corrected chi connectivity index (χ1v) is 10.4. The molecule has 0 spiro atoms. The molecule has 0 aliphatic carbocycles. The minimum atomic E-state index is -0.961. The Morgan fingerprint density at radius 3 is 2.55 bits per heavy atom. The van der Waals surface area contributed by atoms with Crippen molar-refractivity contribution in [3.63, 3.8) is 0 Å². The molecule has 1 aliphatic rings. The number of H-pyrrole nitrogens is 1. The fourth-order valence-electron chi connectivity index (χ4n) is 3.47. The molecule has 0 radical (unpaired) electrons. The zero-order chi connectivity index (χ0) is 23.4. The van der Waals surface area contributed by atoms with Gasteiger partial charge in [-0.3, -0.25) is 9.59 Å². The van der Waals surface area contributed by atoms with E-state index in [4.69, 9.17) is 9.47 Å². The molecular weight excluding hydrogens is 436 g/mol. The van der Waals surface area contributed by atoms with Crippen LogP contribution < -0.4 is 4.74 Å². The molecule has 1 fully saturated rings. The minimum Gasteiger partial charge on any atom is -0.485 e. The van der Waals surface area contributed by atoms with Crippen molar-refractivity contribution in [1.82, 2.24) is 25.5 Å². The Morgan fingerprint density at radius 2 is 1.91 bits per heavy atom. The van der Waals surface area contributed by atoms with E-state index in [0.717, 1.165) is 12.1 Å². The van der Waals surface area contributed by atoms with Crippen LogP contribution >= 0.6 is 0 Å². The molecule has 33 heavy (non-hydrogen) atoms. The second kappa shape index (κ2) is 9.82. The SMILES string of the molecule is CCC(=O)c1cc(F)c(OCC2CN(C(=O)c3ccc(-c4nn[nH]n4)cc3)CCO2)c(F)c1. The number of hydrogen-bond donors (Lipinski definition) is 1. The molecule has 1 N–H and O–H groups in total. The quantitative estimate of drug-likeness (QED) is 0.543. The largest absolute Gasteiger partial charge is 0.485 e. The monoisotopic (exact) mass is 457 g/mol. The van der Waals surface area contributed by atoms with E-state index in [0.29, 0.717) is 23.5 Å². The maximum absolute atomic E-state index is 14.3. The van der Waals surface area contributed by atoms with E-state index in [1.54, 1.807) is 36.1 Å². The number of hydrogen-bond acceptors (Lipinski definition) is 7. The van der Waals surface area contributed by atoms with Gasteiger partial charge < -0.3 is 14.4 Å². The molecule has 1 aromatic heterocycles. The summed E-state index contributed by atoms with van der Waals surface area (Å²) in [5.41, 5.74) is 1.14. The molecule has 9 nitrogen and oxygen atoms in total. The Balaban J connectivity index is 1.38. The van der Waals surface area contributed by atoms with Gasteiger partial charge in [0.05, 0.1) is 13.2 Å². The number of halogens is 2. The number of aromatic amines is 1. The summed E-state index contributed by atoms with van der Waals surface area (Å²) >= 11 is 0. The van der Waals surface area contributed by atoms with Crippen molar-refractivity contribution >= 4 is 11.7 Å². The Labute approximate surface area is 187 Å². The second-order valence-corrected chi connectivity index (χ2v) is 7.41. The summed E-state index contributed by atoms with van der Waals surface area (Å²) in [7, 11) is 0. The molecule has 1 unspecified atom stereocenters. The summed E-state index contributed by atoms with van der Waals surface area (Å²) in [6.07, 6.45) is -0.435. The maximum Gasteiger partial charge on any atom is 0.254 e. The number of aromatic nitrogens is 4. The highest BCUT2D eigenvalue weighted by Gasteiger charge is 2.26. The van der Waals surface area contributed by atoms with Crippen molar-refractivity contribution in [2.24, 2.45) is 0 Å². The van der Waals surface area contributed by atoms with Crippen molar-refractivity contribution in [1.29, 1.82) is 0 Å². The molecule has 0 bridgehead atoms. The van der Waals surface area contributed by atoms with Crippen LogP contribution in [0.4, 0.5) is 8.78 Å². The lowest BCUT2D eigenvalue weighted by Gasteiger charge is -2.33. The van der Waals surface area contributed by atoms with Crippen LogP contribution in [-0.4, -0.2) is 69.6 Å². The number of rotatable bonds is 7. The number of carbonyl (C=O) groups is 2. The van der Waals surface area contributed by atoms with Gasteiger partial charge in [0.1, 0.15) is 12.7 Å². The van der Waals surface area contributed by atoms with Gasteiger partial charge >= 0.3 is 0 Å². The molecule has 1 aliphatic heterocycles. The van der Waals surface area contributed by atoms with Gasteiger partial charge in [0.2, 0.25) is 5.82 Å². The van der Waals surface area contributed by atoms with Crippen LogP contribution in [0.3, 0.4) is 0 Å². The molecule has 1 saturated heterocycles. The normalized spacial score (nSPS) is 16.0. The number of amides is 1. The van der Waals surface area contributed by atoms with E-state index >= 15 is 0 Å².